The number of carbonyl (C=O) groups is 1. The summed E-state index contributed by atoms with van der Waals surface area (Å²) in [5, 5.41) is 0. The predicted octanol–water partition coefficient (Wildman–Crippen LogP) is 0.556. The molecule has 22 heavy (non-hydrogen) atoms. The van der Waals surface area contributed by atoms with Crippen molar-refractivity contribution in [3.8, 4) is 0 Å². The van der Waals surface area contributed by atoms with Crippen molar-refractivity contribution >= 4 is 15.7 Å². The Kier molecular flexibility index (Phi) is 6.23. The molecule has 2 fully saturated rings. The summed E-state index contributed by atoms with van der Waals surface area (Å²) in [7, 11) is -1.41. The van der Waals surface area contributed by atoms with Gasteiger partial charge in [-0.2, -0.15) is 0 Å². The molecule has 2 rings (SSSR count). The summed E-state index contributed by atoms with van der Waals surface area (Å²) >= 11 is 0. The third-order valence-corrected chi connectivity index (χ3v) is 6.66. The van der Waals surface area contributed by atoms with Gasteiger partial charge in [-0.15, -0.1) is 0 Å². The number of hydrogen-bond donors (Lipinski definition) is 1. The normalized spacial score (nSPS) is 31.1. The first-order valence-corrected chi connectivity index (χ1v) is 9.99. The molecule has 1 amide bonds. The van der Waals surface area contributed by atoms with Gasteiger partial charge in [0.1, 0.15) is 0 Å². The summed E-state index contributed by atoms with van der Waals surface area (Å²) in [5.41, 5.74) is 6.13. The fourth-order valence-electron chi connectivity index (χ4n) is 3.55. The molecule has 1 saturated carbocycles. The zero-order valence-electron chi connectivity index (χ0n) is 13.4. The molecule has 1 heterocycles. The smallest absolute Gasteiger partial charge is 0.223 e. The van der Waals surface area contributed by atoms with E-state index in [0.29, 0.717) is 26.0 Å². The summed E-state index contributed by atoms with van der Waals surface area (Å²) in [6, 6.07) is -0.109. The van der Waals surface area contributed by atoms with Crippen LogP contribution in [0.3, 0.4) is 0 Å². The lowest BCUT2D eigenvalue weighted by Gasteiger charge is -2.33. The van der Waals surface area contributed by atoms with E-state index in [9.17, 15) is 13.2 Å². The fourth-order valence-corrected chi connectivity index (χ4v) is 5.28. The third kappa shape index (κ3) is 4.67. The van der Waals surface area contributed by atoms with Crippen LogP contribution in [0.25, 0.3) is 0 Å². The lowest BCUT2D eigenvalue weighted by atomic mass is 9.82. The SMILES string of the molecule is COCCN(C(=O)CC1CCCCC1N)C1CCS(=O)(=O)C1. The summed E-state index contributed by atoms with van der Waals surface area (Å²) in [6.07, 6.45) is 5.21. The Hall–Kier alpha value is -0.660. The maximum atomic E-state index is 12.7. The van der Waals surface area contributed by atoms with E-state index in [4.69, 9.17) is 10.5 Å². The first-order valence-electron chi connectivity index (χ1n) is 8.17. The molecule has 0 aromatic rings. The molecule has 2 N–H and O–H groups in total. The predicted molar refractivity (Wildman–Crippen MR) is 85.2 cm³/mol. The minimum absolute atomic E-state index is 0.0292. The Morgan fingerprint density at radius 2 is 2.00 bits per heavy atom. The monoisotopic (exact) mass is 332 g/mol. The molecular weight excluding hydrogens is 304 g/mol. The van der Waals surface area contributed by atoms with Crippen LogP contribution in [0.1, 0.15) is 38.5 Å². The highest BCUT2D eigenvalue weighted by Gasteiger charge is 2.35. The summed E-state index contributed by atoms with van der Waals surface area (Å²) in [5.74, 6) is 0.516. The fraction of sp³-hybridized carbons (Fsp3) is 0.933. The Morgan fingerprint density at radius 3 is 2.59 bits per heavy atom. The van der Waals surface area contributed by atoms with Gasteiger partial charge in [0.15, 0.2) is 9.84 Å². The van der Waals surface area contributed by atoms with Crippen molar-refractivity contribution in [2.45, 2.75) is 50.6 Å². The molecule has 1 aliphatic heterocycles. The van der Waals surface area contributed by atoms with E-state index in [1.807, 2.05) is 0 Å². The number of hydrogen-bond acceptors (Lipinski definition) is 5. The van der Waals surface area contributed by atoms with Crippen LogP contribution >= 0.6 is 0 Å². The molecule has 0 spiro atoms. The Balaban J connectivity index is 1.99. The molecule has 0 aromatic carbocycles. The minimum Gasteiger partial charge on any atom is -0.383 e. The molecule has 3 unspecified atom stereocenters. The third-order valence-electron chi connectivity index (χ3n) is 4.91. The number of nitrogens with zero attached hydrogens (tertiary/aromatic N) is 1. The molecule has 2 aliphatic rings. The molecule has 1 aliphatic carbocycles. The van der Waals surface area contributed by atoms with Crippen molar-refractivity contribution in [3.05, 3.63) is 0 Å². The highest BCUT2D eigenvalue weighted by atomic mass is 32.2. The Morgan fingerprint density at radius 1 is 1.27 bits per heavy atom. The van der Waals surface area contributed by atoms with Crippen LogP contribution in [0.15, 0.2) is 0 Å². The topological polar surface area (TPSA) is 89.7 Å². The van der Waals surface area contributed by atoms with E-state index in [2.05, 4.69) is 0 Å². The van der Waals surface area contributed by atoms with Gasteiger partial charge >= 0.3 is 0 Å². The number of carbonyl (C=O) groups excluding carboxylic acids is 1. The van der Waals surface area contributed by atoms with Crippen molar-refractivity contribution in [1.29, 1.82) is 0 Å². The maximum absolute atomic E-state index is 12.7. The lowest BCUT2D eigenvalue weighted by molar-refractivity contribution is -0.135. The number of nitrogens with two attached hydrogens (primary N) is 1. The molecule has 7 heteroatoms. The number of amides is 1. The van der Waals surface area contributed by atoms with Crippen molar-refractivity contribution < 1.29 is 17.9 Å². The highest BCUT2D eigenvalue weighted by Crippen LogP contribution is 2.27. The second-order valence-corrected chi connectivity index (χ2v) is 8.78. The summed E-state index contributed by atoms with van der Waals surface area (Å²) < 4.78 is 28.5. The number of ether oxygens (including phenoxy) is 1. The second-order valence-electron chi connectivity index (χ2n) is 6.55. The molecule has 0 aromatic heterocycles. The average Bonchev–Trinajstić information content (AvgIpc) is 2.82. The van der Waals surface area contributed by atoms with Crippen LogP contribution in [0.2, 0.25) is 0 Å². The first kappa shape index (κ1) is 17.7. The number of methoxy groups -OCH3 is 1. The van der Waals surface area contributed by atoms with Gasteiger partial charge in [-0.25, -0.2) is 8.42 Å². The van der Waals surface area contributed by atoms with Gasteiger partial charge in [-0.3, -0.25) is 4.79 Å². The second kappa shape index (κ2) is 7.75. The minimum atomic E-state index is -3.00. The van der Waals surface area contributed by atoms with E-state index in [1.165, 1.54) is 0 Å². The maximum Gasteiger partial charge on any atom is 0.223 e. The van der Waals surface area contributed by atoms with Gasteiger partial charge < -0.3 is 15.4 Å². The number of sulfone groups is 1. The van der Waals surface area contributed by atoms with Gasteiger partial charge in [0.25, 0.3) is 0 Å². The van der Waals surface area contributed by atoms with Crippen molar-refractivity contribution in [2.24, 2.45) is 11.7 Å². The average molecular weight is 332 g/mol. The Labute approximate surface area is 133 Å². The largest absolute Gasteiger partial charge is 0.383 e. The molecule has 3 atom stereocenters. The first-order chi connectivity index (χ1) is 10.4. The van der Waals surface area contributed by atoms with Gasteiger partial charge in [0.05, 0.1) is 18.1 Å². The zero-order valence-corrected chi connectivity index (χ0v) is 14.2. The Bertz CT molecular complexity index is 480. The van der Waals surface area contributed by atoms with Gasteiger partial charge in [-0.05, 0) is 25.2 Å². The van der Waals surface area contributed by atoms with Crippen LogP contribution in [-0.4, -0.2) is 63.1 Å². The van der Waals surface area contributed by atoms with E-state index in [1.54, 1.807) is 12.0 Å². The van der Waals surface area contributed by atoms with Gasteiger partial charge in [-0.1, -0.05) is 12.8 Å². The molecule has 1 saturated heterocycles. The van der Waals surface area contributed by atoms with E-state index >= 15 is 0 Å². The van der Waals surface area contributed by atoms with E-state index in [0.717, 1.165) is 25.7 Å². The number of rotatable bonds is 6. The molecule has 128 valence electrons. The van der Waals surface area contributed by atoms with Gasteiger partial charge in [0, 0.05) is 32.2 Å². The summed E-state index contributed by atoms with van der Waals surface area (Å²) in [4.78, 5) is 14.4. The van der Waals surface area contributed by atoms with Crippen LogP contribution in [0.5, 0.6) is 0 Å². The van der Waals surface area contributed by atoms with Crippen LogP contribution in [0.4, 0.5) is 0 Å². The quantitative estimate of drug-likeness (QED) is 0.767. The lowest BCUT2D eigenvalue weighted by Crippen LogP contribution is -2.45. The highest BCUT2D eigenvalue weighted by molar-refractivity contribution is 7.91. The van der Waals surface area contributed by atoms with Crippen molar-refractivity contribution in [3.63, 3.8) is 0 Å². The van der Waals surface area contributed by atoms with Crippen molar-refractivity contribution in [2.75, 3.05) is 31.8 Å². The van der Waals surface area contributed by atoms with Crippen LogP contribution in [-0.2, 0) is 19.4 Å². The standard InChI is InChI=1S/C15H28N2O4S/c1-21-8-7-17(13-6-9-22(19,20)11-13)15(18)10-12-4-2-3-5-14(12)16/h12-14H,2-11,16H2,1H3. The molecular formula is C15H28N2O4S. The molecule has 0 radical (unpaired) electrons. The summed E-state index contributed by atoms with van der Waals surface area (Å²) in [6.45, 7) is 0.885. The molecule has 6 nitrogen and oxygen atoms in total. The van der Waals surface area contributed by atoms with Gasteiger partial charge in [0.2, 0.25) is 5.91 Å². The molecule has 0 bridgehead atoms. The van der Waals surface area contributed by atoms with E-state index in [-0.39, 0.29) is 35.4 Å². The van der Waals surface area contributed by atoms with E-state index < -0.39 is 9.84 Å². The van der Waals surface area contributed by atoms with Crippen molar-refractivity contribution in [1.82, 2.24) is 4.90 Å². The van der Waals surface area contributed by atoms with Crippen LogP contribution in [0, 0.1) is 5.92 Å². The zero-order chi connectivity index (χ0) is 16.2. The van der Waals surface area contributed by atoms with Crippen LogP contribution < -0.4 is 5.73 Å².